The molecule has 18 heavy (non-hydrogen) atoms. The first-order valence-corrected chi connectivity index (χ1v) is 6.22. The zero-order valence-electron chi connectivity index (χ0n) is 11.4. The second kappa shape index (κ2) is 10.1. The lowest BCUT2D eigenvalue weighted by Crippen LogP contribution is -2.07. The van der Waals surface area contributed by atoms with Gasteiger partial charge in [0.15, 0.2) is 0 Å². The van der Waals surface area contributed by atoms with Crippen LogP contribution in [-0.2, 0) is 0 Å². The van der Waals surface area contributed by atoms with Gasteiger partial charge in [-0.1, -0.05) is 45.9 Å². The van der Waals surface area contributed by atoms with Gasteiger partial charge in [0.05, 0.1) is 0 Å². The zero-order valence-corrected chi connectivity index (χ0v) is 11.4. The minimum absolute atomic E-state index is 0.168. The van der Waals surface area contributed by atoms with Crippen molar-refractivity contribution in [3.05, 3.63) is 52.9 Å². The summed E-state index contributed by atoms with van der Waals surface area (Å²) in [6.45, 7) is 8.00. The third kappa shape index (κ3) is 5.84. The number of rotatable bonds is 2. The minimum atomic E-state index is -0.168. The second-order valence-corrected chi connectivity index (χ2v) is 2.77. The molecule has 2 rings (SSSR count). The van der Waals surface area contributed by atoms with Crippen molar-refractivity contribution >= 4 is 11.6 Å². The molecule has 0 atom stereocenters. The quantitative estimate of drug-likeness (QED) is 0.853. The van der Waals surface area contributed by atoms with Crippen LogP contribution < -0.4 is 10.9 Å². The third-order valence-electron chi connectivity index (χ3n) is 1.71. The summed E-state index contributed by atoms with van der Waals surface area (Å²) in [5.74, 6) is 0.448. The fraction of sp³-hybridized carbons (Fsp3) is 0.286. The lowest BCUT2D eigenvalue weighted by atomic mass is 10.3. The summed E-state index contributed by atoms with van der Waals surface area (Å²) < 4.78 is 0. The standard InChI is InChI=1S/C10H9N3O.2C2H6/c14-9-6-7-11-10(13-9)12-8-4-2-1-3-5-8;2*1-2/h1-7H,(H2,11,12,13,14);2*1-2H3. The van der Waals surface area contributed by atoms with Crippen LogP contribution in [0.25, 0.3) is 0 Å². The van der Waals surface area contributed by atoms with E-state index in [2.05, 4.69) is 15.3 Å². The van der Waals surface area contributed by atoms with Crippen molar-refractivity contribution in [1.29, 1.82) is 0 Å². The maximum atomic E-state index is 10.9. The van der Waals surface area contributed by atoms with Gasteiger partial charge < -0.3 is 5.32 Å². The lowest BCUT2D eigenvalue weighted by molar-refractivity contribution is 1.12. The van der Waals surface area contributed by atoms with Crippen LogP contribution in [-0.4, -0.2) is 9.97 Å². The molecule has 2 N–H and O–H groups in total. The van der Waals surface area contributed by atoms with E-state index in [1.807, 2.05) is 58.0 Å². The first-order chi connectivity index (χ1) is 8.84. The van der Waals surface area contributed by atoms with E-state index >= 15 is 0 Å². The van der Waals surface area contributed by atoms with E-state index in [1.165, 1.54) is 12.3 Å². The molecule has 0 unspecified atom stereocenters. The highest BCUT2D eigenvalue weighted by Gasteiger charge is 1.94. The van der Waals surface area contributed by atoms with Crippen LogP contribution >= 0.6 is 0 Å². The van der Waals surface area contributed by atoms with E-state index in [4.69, 9.17) is 0 Å². The van der Waals surface area contributed by atoms with Gasteiger partial charge in [0.2, 0.25) is 5.95 Å². The van der Waals surface area contributed by atoms with E-state index in [0.717, 1.165) is 5.69 Å². The monoisotopic (exact) mass is 247 g/mol. The summed E-state index contributed by atoms with van der Waals surface area (Å²) in [5.41, 5.74) is 0.722. The van der Waals surface area contributed by atoms with E-state index in [9.17, 15) is 4.79 Å². The Morgan fingerprint density at radius 2 is 1.61 bits per heavy atom. The van der Waals surface area contributed by atoms with Crippen LogP contribution in [0.3, 0.4) is 0 Å². The van der Waals surface area contributed by atoms with Gasteiger partial charge in [-0.25, -0.2) is 4.98 Å². The van der Waals surface area contributed by atoms with Crippen molar-refractivity contribution in [3.8, 4) is 0 Å². The summed E-state index contributed by atoms with van der Waals surface area (Å²) in [7, 11) is 0. The minimum Gasteiger partial charge on any atom is -0.326 e. The van der Waals surface area contributed by atoms with Crippen molar-refractivity contribution in [2.75, 3.05) is 5.32 Å². The van der Waals surface area contributed by atoms with Crippen LogP contribution in [0.1, 0.15) is 27.7 Å². The Morgan fingerprint density at radius 1 is 1.00 bits per heavy atom. The number of hydrogen-bond donors (Lipinski definition) is 2. The van der Waals surface area contributed by atoms with E-state index in [-0.39, 0.29) is 5.56 Å². The number of nitrogens with one attached hydrogen (secondary N) is 2. The van der Waals surface area contributed by atoms with E-state index < -0.39 is 0 Å². The number of anilines is 2. The molecule has 0 amide bonds. The van der Waals surface area contributed by atoms with Crippen molar-refractivity contribution in [2.24, 2.45) is 0 Å². The second-order valence-electron chi connectivity index (χ2n) is 2.77. The van der Waals surface area contributed by atoms with Crippen LogP contribution in [0.15, 0.2) is 47.4 Å². The summed E-state index contributed by atoms with van der Waals surface area (Å²) in [4.78, 5) is 17.5. The normalized spacial score (nSPS) is 8.22. The molecule has 0 aliphatic carbocycles. The number of aromatic nitrogens is 2. The largest absolute Gasteiger partial charge is 0.326 e. The molecule has 0 saturated heterocycles. The van der Waals surface area contributed by atoms with Gasteiger partial charge in [-0.3, -0.25) is 9.78 Å². The number of H-pyrrole nitrogens is 1. The Bertz CT molecular complexity index is 466. The third-order valence-corrected chi connectivity index (χ3v) is 1.71. The highest BCUT2D eigenvalue weighted by atomic mass is 16.1. The molecule has 0 radical (unpaired) electrons. The molecule has 0 spiro atoms. The highest BCUT2D eigenvalue weighted by Crippen LogP contribution is 2.09. The molecular formula is C14H21N3O. The summed E-state index contributed by atoms with van der Waals surface area (Å²) in [6.07, 6.45) is 1.46. The molecule has 0 bridgehead atoms. The molecule has 0 aliphatic rings. The number of hydrogen-bond acceptors (Lipinski definition) is 3. The van der Waals surface area contributed by atoms with E-state index in [1.54, 1.807) is 0 Å². The van der Waals surface area contributed by atoms with Gasteiger partial charge in [-0.15, -0.1) is 0 Å². The number of aromatic amines is 1. The van der Waals surface area contributed by atoms with Crippen LogP contribution in [0.5, 0.6) is 0 Å². The molecule has 4 nitrogen and oxygen atoms in total. The molecule has 0 saturated carbocycles. The predicted octanol–water partition coefficient (Wildman–Crippen LogP) is 3.57. The number of nitrogens with zero attached hydrogens (tertiary/aromatic N) is 1. The molecule has 0 fully saturated rings. The van der Waals surface area contributed by atoms with E-state index in [0.29, 0.717) is 5.95 Å². The Morgan fingerprint density at radius 3 is 2.17 bits per heavy atom. The molecule has 98 valence electrons. The average Bonchev–Trinajstić information content (AvgIpc) is 2.44. The Balaban J connectivity index is 0.000000659. The highest BCUT2D eigenvalue weighted by molar-refractivity contribution is 5.52. The Labute approximate surface area is 108 Å². The lowest BCUT2D eigenvalue weighted by Gasteiger charge is -2.02. The maximum absolute atomic E-state index is 10.9. The maximum Gasteiger partial charge on any atom is 0.252 e. The summed E-state index contributed by atoms with van der Waals surface area (Å²) in [5, 5.41) is 2.98. The van der Waals surface area contributed by atoms with Crippen LogP contribution in [0.4, 0.5) is 11.6 Å². The Kier molecular flexibility index (Phi) is 8.90. The van der Waals surface area contributed by atoms with Crippen molar-refractivity contribution in [1.82, 2.24) is 9.97 Å². The fourth-order valence-electron chi connectivity index (χ4n) is 1.09. The van der Waals surface area contributed by atoms with Crippen molar-refractivity contribution in [3.63, 3.8) is 0 Å². The molecule has 0 aliphatic heterocycles. The first-order valence-electron chi connectivity index (χ1n) is 6.22. The van der Waals surface area contributed by atoms with Crippen LogP contribution in [0.2, 0.25) is 0 Å². The van der Waals surface area contributed by atoms with Gasteiger partial charge in [0.1, 0.15) is 0 Å². The molecule has 2 aromatic rings. The van der Waals surface area contributed by atoms with Gasteiger partial charge >= 0.3 is 0 Å². The van der Waals surface area contributed by atoms with Gasteiger partial charge in [-0.05, 0) is 12.1 Å². The Hall–Kier alpha value is -2.10. The van der Waals surface area contributed by atoms with Gasteiger partial charge in [0, 0.05) is 18.0 Å². The molecule has 1 aromatic heterocycles. The van der Waals surface area contributed by atoms with Crippen molar-refractivity contribution in [2.45, 2.75) is 27.7 Å². The predicted molar refractivity (Wildman–Crippen MR) is 77.3 cm³/mol. The zero-order chi connectivity index (χ0) is 13.8. The summed E-state index contributed by atoms with van der Waals surface area (Å²) in [6, 6.07) is 10.9. The smallest absolute Gasteiger partial charge is 0.252 e. The molecular weight excluding hydrogens is 226 g/mol. The molecule has 1 aromatic carbocycles. The molecule has 1 heterocycles. The van der Waals surface area contributed by atoms with Gasteiger partial charge in [0.25, 0.3) is 5.56 Å². The van der Waals surface area contributed by atoms with Crippen molar-refractivity contribution < 1.29 is 0 Å². The van der Waals surface area contributed by atoms with Crippen LogP contribution in [0, 0.1) is 0 Å². The summed E-state index contributed by atoms with van der Waals surface area (Å²) >= 11 is 0. The van der Waals surface area contributed by atoms with Gasteiger partial charge in [-0.2, -0.15) is 0 Å². The first kappa shape index (κ1) is 15.9. The SMILES string of the molecule is CC.CC.O=c1ccnc(Nc2ccccc2)[nH]1. The topological polar surface area (TPSA) is 57.8 Å². The number of para-hydroxylation sites is 1. The average molecular weight is 247 g/mol. The molecule has 4 heteroatoms. The fourth-order valence-corrected chi connectivity index (χ4v) is 1.09. The number of benzene rings is 1.